The van der Waals surface area contributed by atoms with E-state index in [1.807, 2.05) is 36.4 Å². The Bertz CT molecular complexity index is 940. The van der Waals surface area contributed by atoms with E-state index in [4.69, 9.17) is 21.1 Å². The lowest BCUT2D eigenvalue weighted by Crippen LogP contribution is -2.23. The van der Waals surface area contributed by atoms with Gasteiger partial charge in [0.25, 0.3) is 5.91 Å². The van der Waals surface area contributed by atoms with Crippen LogP contribution in [0.15, 0.2) is 54.9 Å². The fourth-order valence-corrected chi connectivity index (χ4v) is 3.00. The minimum Gasteiger partial charge on any atom is -0.486 e. The van der Waals surface area contributed by atoms with Gasteiger partial charge in [-0.1, -0.05) is 29.8 Å². The van der Waals surface area contributed by atoms with Crippen LogP contribution in [0.4, 0.5) is 0 Å². The summed E-state index contributed by atoms with van der Waals surface area (Å²) in [5, 5.41) is 7.57. The predicted octanol–water partition coefficient (Wildman–Crippen LogP) is 3.23. The molecule has 1 aliphatic rings. The monoisotopic (exact) mass is 369 g/mol. The average molecular weight is 370 g/mol. The molecule has 1 aromatic heterocycles. The summed E-state index contributed by atoms with van der Waals surface area (Å²) in [5.41, 5.74) is 2.21. The van der Waals surface area contributed by atoms with Gasteiger partial charge in [0, 0.05) is 12.7 Å². The fraction of sp³-hybridized carbons (Fsp3) is 0.158. The molecular weight excluding hydrogens is 354 g/mol. The van der Waals surface area contributed by atoms with E-state index in [1.165, 1.54) is 0 Å². The van der Waals surface area contributed by atoms with Gasteiger partial charge in [0.15, 0.2) is 11.5 Å². The summed E-state index contributed by atoms with van der Waals surface area (Å²) in [6, 6.07) is 13.2. The highest BCUT2D eigenvalue weighted by atomic mass is 35.5. The Balaban J connectivity index is 1.45. The molecule has 132 valence electrons. The zero-order valence-electron chi connectivity index (χ0n) is 13.8. The first-order valence-electron chi connectivity index (χ1n) is 8.17. The second-order valence-corrected chi connectivity index (χ2v) is 6.20. The Labute approximate surface area is 155 Å². The van der Waals surface area contributed by atoms with Crippen molar-refractivity contribution in [3.8, 4) is 17.2 Å². The van der Waals surface area contributed by atoms with E-state index in [0.29, 0.717) is 41.8 Å². The number of carbonyl (C=O) groups excluding carboxylic acids is 1. The van der Waals surface area contributed by atoms with Crippen LogP contribution < -0.4 is 14.8 Å². The maximum atomic E-state index is 12.4. The summed E-state index contributed by atoms with van der Waals surface area (Å²) in [6.45, 7) is 1.29. The number of nitrogens with one attached hydrogen (secondary N) is 1. The van der Waals surface area contributed by atoms with Crippen molar-refractivity contribution in [2.75, 3.05) is 13.2 Å². The smallest absolute Gasteiger partial charge is 0.254 e. The first kappa shape index (κ1) is 16.5. The van der Waals surface area contributed by atoms with Gasteiger partial charge in [-0.2, -0.15) is 5.10 Å². The number of benzene rings is 2. The normalized spacial score (nSPS) is 12.7. The third-order valence-electron chi connectivity index (χ3n) is 3.98. The number of para-hydroxylation sites is 1. The minimum absolute atomic E-state index is 0.210. The molecule has 3 aromatic rings. The van der Waals surface area contributed by atoms with Gasteiger partial charge in [0.05, 0.1) is 22.5 Å². The first-order valence-corrected chi connectivity index (χ1v) is 8.55. The lowest BCUT2D eigenvalue weighted by atomic mass is 10.2. The number of hydrogen-bond acceptors (Lipinski definition) is 4. The van der Waals surface area contributed by atoms with Gasteiger partial charge in [0.2, 0.25) is 0 Å². The van der Waals surface area contributed by atoms with Gasteiger partial charge in [-0.15, -0.1) is 0 Å². The number of amides is 1. The van der Waals surface area contributed by atoms with E-state index in [9.17, 15) is 4.79 Å². The Morgan fingerprint density at radius 1 is 1.19 bits per heavy atom. The third-order valence-corrected chi connectivity index (χ3v) is 4.26. The zero-order chi connectivity index (χ0) is 17.9. The van der Waals surface area contributed by atoms with Crippen molar-refractivity contribution in [2.24, 2.45) is 0 Å². The molecule has 0 saturated heterocycles. The molecule has 26 heavy (non-hydrogen) atoms. The standard InChI is InChI=1S/C19H16ClN3O3/c20-16-8-13(9-17-18(16)26-7-6-25-17)10-21-19(24)14-11-22-23(12-14)15-4-2-1-3-5-15/h1-5,8-9,11-12H,6-7,10H2,(H,21,24). The maximum Gasteiger partial charge on any atom is 0.254 e. The van der Waals surface area contributed by atoms with Crippen molar-refractivity contribution >= 4 is 17.5 Å². The number of ether oxygens (including phenoxy) is 2. The summed E-state index contributed by atoms with van der Waals surface area (Å²) in [4.78, 5) is 12.4. The van der Waals surface area contributed by atoms with Gasteiger partial charge < -0.3 is 14.8 Å². The molecule has 0 spiro atoms. The molecule has 2 heterocycles. The van der Waals surface area contributed by atoms with Crippen molar-refractivity contribution in [1.29, 1.82) is 0 Å². The van der Waals surface area contributed by atoms with Crippen LogP contribution in [0.3, 0.4) is 0 Å². The second-order valence-electron chi connectivity index (χ2n) is 5.79. The Morgan fingerprint density at radius 3 is 2.85 bits per heavy atom. The van der Waals surface area contributed by atoms with Crippen LogP contribution in [-0.2, 0) is 6.54 Å². The summed E-state index contributed by atoms with van der Waals surface area (Å²) in [6.07, 6.45) is 3.24. The number of fused-ring (bicyclic) bond motifs is 1. The summed E-state index contributed by atoms with van der Waals surface area (Å²) in [7, 11) is 0. The van der Waals surface area contributed by atoms with E-state index in [1.54, 1.807) is 23.1 Å². The van der Waals surface area contributed by atoms with Crippen LogP contribution in [0.5, 0.6) is 11.5 Å². The molecule has 0 unspecified atom stereocenters. The summed E-state index contributed by atoms with van der Waals surface area (Å²) in [5.74, 6) is 0.945. The predicted molar refractivity (Wildman–Crippen MR) is 97.2 cm³/mol. The van der Waals surface area contributed by atoms with Crippen molar-refractivity contribution in [2.45, 2.75) is 6.54 Å². The molecule has 0 bridgehead atoms. The molecule has 2 aromatic carbocycles. The number of aromatic nitrogens is 2. The molecule has 6 nitrogen and oxygen atoms in total. The molecule has 7 heteroatoms. The van der Waals surface area contributed by atoms with Gasteiger partial charge in [0.1, 0.15) is 13.2 Å². The van der Waals surface area contributed by atoms with Gasteiger partial charge in [-0.05, 0) is 29.8 Å². The number of nitrogens with zero attached hydrogens (tertiary/aromatic N) is 2. The van der Waals surface area contributed by atoms with E-state index >= 15 is 0 Å². The molecule has 4 rings (SSSR count). The van der Waals surface area contributed by atoms with E-state index < -0.39 is 0 Å². The van der Waals surface area contributed by atoms with Crippen LogP contribution in [-0.4, -0.2) is 28.9 Å². The molecule has 1 aliphatic heterocycles. The van der Waals surface area contributed by atoms with Crippen LogP contribution in [0.1, 0.15) is 15.9 Å². The quantitative estimate of drug-likeness (QED) is 0.766. The van der Waals surface area contributed by atoms with Gasteiger partial charge in [-0.25, -0.2) is 4.68 Å². The highest BCUT2D eigenvalue weighted by Gasteiger charge is 2.17. The van der Waals surface area contributed by atoms with Crippen LogP contribution >= 0.6 is 11.6 Å². The average Bonchev–Trinajstić information content (AvgIpc) is 3.17. The molecular formula is C19H16ClN3O3. The van der Waals surface area contributed by atoms with Crippen molar-refractivity contribution in [1.82, 2.24) is 15.1 Å². The number of hydrogen-bond donors (Lipinski definition) is 1. The molecule has 0 radical (unpaired) electrons. The van der Waals surface area contributed by atoms with Crippen LogP contribution in [0, 0.1) is 0 Å². The SMILES string of the molecule is O=C(NCc1cc(Cl)c2c(c1)OCCO2)c1cnn(-c2ccccc2)c1. The summed E-state index contributed by atoms with van der Waals surface area (Å²) >= 11 is 6.22. The Hall–Kier alpha value is -2.99. The lowest BCUT2D eigenvalue weighted by molar-refractivity contribution is 0.0951. The highest BCUT2D eigenvalue weighted by molar-refractivity contribution is 6.32. The fourth-order valence-electron chi connectivity index (χ4n) is 2.71. The molecule has 0 saturated carbocycles. The van der Waals surface area contributed by atoms with Crippen molar-refractivity contribution < 1.29 is 14.3 Å². The van der Waals surface area contributed by atoms with Crippen molar-refractivity contribution in [3.63, 3.8) is 0 Å². The topological polar surface area (TPSA) is 65.4 Å². The second kappa shape index (κ2) is 7.09. The Kier molecular flexibility index (Phi) is 4.50. The molecule has 1 N–H and O–H groups in total. The Morgan fingerprint density at radius 2 is 2.00 bits per heavy atom. The number of halogens is 1. The number of carbonyl (C=O) groups is 1. The van der Waals surface area contributed by atoms with Crippen LogP contribution in [0.25, 0.3) is 5.69 Å². The lowest BCUT2D eigenvalue weighted by Gasteiger charge is -2.20. The van der Waals surface area contributed by atoms with Crippen LogP contribution in [0.2, 0.25) is 5.02 Å². The first-order chi connectivity index (χ1) is 12.7. The molecule has 0 fully saturated rings. The zero-order valence-corrected chi connectivity index (χ0v) is 14.6. The van der Waals surface area contributed by atoms with E-state index in [2.05, 4.69) is 10.4 Å². The number of rotatable bonds is 4. The summed E-state index contributed by atoms with van der Waals surface area (Å²) < 4.78 is 12.7. The van der Waals surface area contributed by atoms with E-state index in [-0.39, 0.29) is 5.91 Å². The van der Waals surface area contributed by atoms with Gasteiger partial charge >= 0.3 is 0 Å². The molecule has 1 amide bonds. The molecule has 0 aliphatic carbocycles. The minimum atomic E-state index is -0.210. The maximum absolute atomic E-state index is 12.4. The van der Waals surface area contributed by atoms with E-state index in [0.717, 1.165) is 11.3 Å². The highest BCUT2D eigenvalue weighted by Crippen LogP contribution is 2.38. The molecule has 0 atom stereocenters. The third kappa shape index (κ3) is 3.36. The largest absolute Gasteiger partial charge is 0.486 e. The van der Waals surface area contributed by atoms with Crippen molar-refractivity contribution in [3.05, 3.63) is 71.0 Å². The van der Waals surface area contributed by atoms with Gasteiger partial charge in [-0.3, -0.25) is 4.79 Å².